The molecule has 0 atom stereocenters. The number of hydrogen-bond acceptors (Lipinski definition) is 6. The van der Waals surface area contributed by atoms with Gasteiger partial charge >= 0.3 is 5.97 Å². The number of carbonyl (C=O) groups is 1. The molecule has 2 aromatic heterocycles. The summed E-state index contributed by atoms with van der Waals surface area (Å²) in [6.45, 7) is 0. The lowest BCUT2D eigenvalue weighted by molar-refractivity contribution is -0.133. The number of aromatic nitrogens is 3. The number of fused-ring (bicyclic) bond motifs is 1. The van der Waals surface area contributed by atoms with E-state index in [1.165, 1.54) is 0 Å². The van der Waals surface area contributed by atoms with Crippen LogP contribution in [0.25, 0.3) is 16.9 Å². The number of aliphatic carboxylic acids is 1. The minimum Gasteiger partial charge on any atom is -0.493 e. The zero-order chi connectivity index (χ0) is 17.1. The molecular formula is C16H15N3O4S. The van der Waals surface area contributed by atoms with Gasteiger partial charge in [0.1, 0.15) is 5.65 Å². The van der Waals surface area contributed by atoms with Crippen LogP contribution >= 0.6 is 11.8 Å². The normalized spacial score (nSPS) is 10.8. The average molecular weight is 345 g/mol. The summed E-state index contributed by atoms with van der Waals surface area (Å²) in [5.74, 6) is 0.255. The van der Waals surface area contributed by atoms with E-state index >= 15 is 0 Å². The maximum atomic E-state index is 10.9. The van der Waals surface area contributed by atoms with E-state index in [0.29, 0.717) is 28.0 Å². The maximum Gasteiger partial charge on any atom is 0.313 e. The lowest BCUT2D eigenvalue weighted by Crippen LogP contribution is -2.02. The number of carboxylic acid groups (broad SMARTS) is 1. The number of carboxylic acids is 1. The number of imidazole rings is 1. The number of hydrogen-bond donors (Lipinski definition) is 1. The van der Waals surface area contributed by atoms with Gasteiger partial charge < -0.3 is 14.6 Å². The SMILES string of the molecule is COc1ccc(-c2cc3nccn3c(SCC(=O)O)n2)cc1OC. The first-order valence-corrected chi connectivity index (χ1v) is 8.02. The highest BCUT2D eigenvalue weighted by atomic mass is 32.2. The molecule has 1 aromatic carbocycles. The highest BCUT2D eigenvalue weighted by molar-refractivity contribution is 7.99. The van der Waals surface area contributed by atoms with Crippen LogP contribution in [0.15, 0.2) is 41.8 Å². The molecule has 0 aliphatic rings. The molecule has 0 saturated heterocycles. The zero-order valence-corrected chi connectivity index (χ0v) is 13.9. The Morgan fingerprint density at radius 1 is 1.25 bits per heavy atom. The number of methoxy groups -OCH3 is 2. The Morgan fingerprint density at radius 3 is 2.75 bits per heavy atom. The predicted octanol–water partition coefficient (Wildman–Crippen LogP) is 2.59. The van der Waals surface area contributed by atoms with Crippen LogP contribution in [-0.2, 0) is 4.79 Å². The van der Waals surface area contributed by atoms with E-state index in [1.807, 2.05) is 18.2 Å². The van der Waals surface area contributed by atoms with Crippen molar-refractivity contribution < 1.29 is 19.4 Å². The molecule has 3 rings (SSSR count). The molecule has 0 aliphatic heterocycles. The average Bonchev–Trinajstić information content (AvgIpc) is 3.07. The minimum atomic E-state index is -0.897. The molecule has 0 unspecified atom stereocenters. The van der Waals surface area contributed by atoms with Gasteiger partial charge in [-0.15, -0.1) is 0 Å². The van der Waals surface area contributed by atoms with Crippen LogP contribution in [0.3, 0.4) is 0 Å². The molecule has 0 amide bonds. The van der Waals surface area contributed by atoms with Gasteiger partial charge in [0.15, 0.2) is 16.7 Å². The first kappa shape index (κ1) is 16.1. The summed E-state index contributed by atoms with van der Waals surface area (Å²) in [5.41, 5.74) is 2.21. The molecule has 0 aliphatic carbocycles. The van der Waals surface area contributed by atoms with E-state index in [2.05, 4.69) is 9.97 Å². The number of rotatable bonds is 6. The van der Waals surface area contributed by atoms with Crippen molar-refractivity contribution >= 4 is 23.4 Å². The molecule has 1 N–H and O–H groups in total. The summed E-state index contributed by atoms with van der Waals surface area (Å²) in [4.78, 5) is 19.7. The lowest BCUT2D eigenvalue weighted by atomic mass is 10.1. The molecule has 24 heavy (non-hydrogen) atoms. The number of nitrogens with zero attached hydrogens (tertiary/aromatic N) is 3. The third-order valence-corrected chi connectivity index (χ3v) is 4.30. The summed E-state index contributed by atoms with van der Waals surface area (Å²) >= 11 is 1.15. The predicted molar refractivity (Wildman–Crippen MR) is 89.9 cm³/mol. The van der Waals surface area contributed by atoms with E-state index in [0.717, 1.165) is 17.3 Å². The zero-order valence-electron chi connectivity index (χ0n) is 13.1. The van der Waals surface area contributed by atoms with Crippen LogP contribution in [0.5, 0.6) is 11.5 Å². The van der Waals surface area contributed by atoms with E-state index in [4.69, 9.17) is 14.6 Å². The number of thioether (sulfide) groups is 1. The van der Waals surface area contributed by atoms with Gasteiger partial charge in [-0.1, -0.05) is 11.8 Å². The molecule has 2 heterocycles. The van der Waals surface area contributed by atoms with Crippen molar-refractivity contribution in [2.45, 2.75) is 5.16 Å². The van der Waals surface area contributed by atoms with Gasteiger partial charge in [-0.25, -0.2) is 9.97 Å². The van der Waals surface area contributed by atoms with Gasteiger partial charge in [0.05, 0.1) is 25.7 Å². The molecule has 124 valence electrons. The van der Waals surface area contributed by atoms with Gasteiger partial charge in [-0.3, -0.25) is 9.20 Å². The number of ether oxygens (including phenoxy) is 2. The Hall–Kier alpha value is -2.74. The van der Waals surface area contributed by atoms with Crippen molar-refractivity contribution in [2.24, 2.45) is 0 Å². The number of benzene rings is 1. The Bertz CT molecular complexity index is 894. The van der Waals surface area contributed by atoms with Gasteiger partial charge in [0.2, 0.25) is 0 Å². The van der Waals surface area contributed by atoms with E-state index in [9.17, 15) is 4.79 Å². The largest absolute Gasteiger partial charge is 0.493 e. The summed E-state index contributed by atoms with van der Waals surface area (Å²) in [6.07, 6.45) is 3.41. The molecule has 8 heteroatoms. The molecule has 0 fully saturated rings. The Balaban J connectivity index is 2.07. The first-order chi connectivity index (χ1) is 11.6. The fraction of sp³-hybridized carbons (Fsp3) is 0.188. The van der Waals surface area contributed by atoms with Crippen LogP contribution in [0.1, 0.15) is 0 Å². The summed E-state index contributed by atoms with van der Waals surface area (Å²) < 4.78 is 12.3. The third kappa shape index (κ3) is 3.13. The van der Waals surface area contributed by atoms with Crippen molar-refractivity contribution in [3.05, 3.63) is 36.7 Å². The van der Waals surface area contributed by atoms with Crippen LogP contribution in [-0.4, -0.2) is 45.4 Å². The molecule has 3 aromatic rings. The fourth-order valence-electron chi connectivity index (χ4n) is 2.27. The van der Waals surface area contributed by atoms with E-state index < -0.39 is 5.97 Å². The second-order valence-corrected chi connectivity index (χ2v) is 5.77. The molecule has 7 nitrogen and oxygen atoms in total. The smallest absolute Gasteiger partial charge is 0.313 e. The van der Waals surface area contributed by atoms with Crippen LogP contribution in [0.2, 0.25) is 0 Å². The summed E-state index contributed by atoms with van der Waals surface area (Å²) in [6, 6.07) is 7.34. The topological polar surface area (TPSA) is 86.0 Å². The van der Waals surface area contributed by atoms with Gasteiger partial charge in [-0.2, -0.15) is 0 Å². The molecule has 0 spiro atoms. The van der Waals surface area contributed by atoms with Gasteiger partial charge in [0, 0.05) is 24.0 Å². The molecule has 0 saturated carbocycles. The molecule has 0 radical (unpaired) electrons. The van der Waals surface area contributed by atoms with Crippen molar-refractivity contribution in [3.8, 4) is 22.8 Å². The van der Waals surface area contributed by atoms with Gasteiger partial charge in [0.25, 0.3) is 0 Å². The van der Waals surface area contributed by atoms with E-state index in [-0.39, 0.29) is 5.75 Å². The van der Waals surface area contributed by atoms with Crippen molar-refractivity contribution in [3.63, 3.8) is 0 Å². The third-order valence-electron chi connectivity index (χ3n) is 3.36. The molecular weight excluding hydrogens is 330 g/mol. The Morgan fingerprint density at radius 2 is 2.04 bits per heavy atom. The quantitative estimate of drug-likeness (QED) is 0.543. The van der Waals surface area contributed by atoms with Crippen LogP contribution in [0, 0.1) is 0 Å². The van der Waals surface area contributed by atoms with Crippen molar-refractivity contribution in [2.75, 3.05) is 20.0 Å². The van der Waals surface area contributed by atoms with E-state index in [1.54, 1.807) is 37.1 Å². The highest BCUT2D eigenvalue weighted by Gasteiger charge is 2.12. The maximum absolute atomic E-state index is 10.9. The second kappa shape index (κ2) is 6.79. The highest BCUT2D eigenvalue weighted by Crippen LogP contribution is 2.32. The van der Waals surface area contributed by atoms with Crippen molar-refractivity contribution in [1.29, 1.82) is 0 Å². The standard InChI is InChI=1S/C16H15N3O4S/c1-22-12-4-3-10(7-13(12)23-2)11-8-14-17-5-6-19(14)16(18-11)24-9-15(20)21/h3-8H,9H2,1-2H3,(H,20,21). The first-order valence-electron chi connectivity index (χ1n) is 7.03. The Kier molecular flexibility index (Phi) is 4.57. The van der Waals surface area contributed by atoms with Gasteiger partial charge in [-0.05, 0) is 18.2 Å². The Labute approximate surface area is 142 Å². The van der Waals surface area contributed by atoms with Crippen LogP contribution < -0.4 is 9.47 Å². The summed E-state index contributed by atoms with van der Waals surface area (Å²) in [7, 11) is 3.15. The van der Waals surface area contributed by atoms with Crippen molar-refractivity contribution in [1.82, 2.24) is 14.4 Å². The lowest BCUT2D eigenvalue weighted by Gasteiger charge is -2.11. The second-order valence-electron chi connectivity index (χ2n) is 4.83. The molecule has 0 bridgehead atoms. The van der Waals surface area contributed by atoms with Crippen LogP contribution in [0.4, 0.5) is 0 Å². The minimum absolute atomic E-state index is 0.0737. The summed E-state index contributed by atoms with van der Waals surface area (Å²) in [5, 5.41) is 9.47. The fourth-order valence-corrected chi connectivity index (χ4v) is 2.98. The monoisotopic (exact) mass is 345 g/mol.